The van der Waals surface area contributed by atoms with Gasteiger partial charge in [-0.1, -0.05) is 18.2 Å². The van der Waals surface area contributed by atoms with Crippen molar-refractivity contribution >= 4 is 20.3 Å². The monoisotopic (exact) mass is 356 g/mol. The fourth-order valence-electron chi connectivity index (χ4n) is 2.81. The molecule has 2 rings (SSSR count). The van der Waals surface area contributed by atoms with Gasteiger partial charge < -0.3 is 19.7 Å². The van der Waals surface area contributed by atoms with Crippen LogP contribution < -0.4 is 0 Å². The second-order valence-electron chi connectivity index (χ2n) is 7.44. The van der Waals surface area contributed by atoms with Crippen molar-refractivity contribution in [3.63, 3.8) is 0 Å². The third-order valence-corrected chi connectivity index (χ3v) is 7.76. The Morgan fingerprint density at radius 2 is 1.88 bits per heavy atom. The smallest absolute Gasteiger partial charge is 0.331 e. The number of carboxylic acids is 2. The minimum Gasteiger partial charge on any atom is -0.481 e. The Morgan fingerprint density at radius 1 is 1.33 bits per heavy atom. The summed E-state index contributed by atoms with van der Waals surface area (Å²) >= 11 is 0. The Balaban J connectivity index is 0.000000243. The lowest BCUT2D eigenvalue weighted by Crippen LogP contribution is -2.35. The van der Waals surface area contributed by atoms with Gasteiger partial charge in [-0.25, -0.2) is 4.79 Å². The third-order valence-electron chi connectivity index (χ3n) is 4.27. The van der Waals surface area contributed by atoms with Gasteiger partial charge in [0.1, 0.15) is 0 Å². The lowest BCUT2D eigenvalue weighted by atomic mass is 9.80. The molecule has 0 amide bonds. The molecule has 0 bridgehead atoms. The molecular weight excluding hydrogens is 328 g/mol. The molecule has 136 valence electrons. The van der Waals surface area contributed by atoms with E-state index in [0.29, 0.717) is 11.6 Å². The van der Waals surface area contributed by atoms with Gasteiger partial charge in [0.15, 0.2) is 8.32 Å². The molecule has 1 saturated carbocycles. The van der Waals surface area contributed by atoms with Crippen LogP contribution in [-0.2, 0) is 14.0 Å². The summed E-state index contributed by atoms with van der Waals surface area (Å²) in [5.74, 6) is -2.06. The van der Waals surface area contributed by atoms with E-state index in [4.69, 9.17) is 14.6 Å². The number of allylic oxidation sites excluding steroid dienone is 2. The molecule has 0 aromatic carbocycles. The van der Waals surface area contributed by atoms with Gasteiger partial charge in [0, 0.05) is 17.2 Å². The molecule has 3 atom stereocenters. The van der Waals surface area contributed by atoms with Crippen LogP contribution in [0.4, 0.5) is 0 Å². The SMILES string of the molecule is CC(C)O[Si](C)(C)C1CC1O.CC1(C(=O)O)C=CC=C(C(=O)O)C1. The first-order chi connectivity index (χ1) is 10.9. The van der Waals surface area contributed by atoms with E-state index in [0.717, 1.165) is 6.42 Å². The standard InChI is InChI=1S/C9H10O4.C8H18O2Si/c1-9(8(12)13)4-2-3-6(5-9)7(10)11;1-6(2)10-11(3,4)8-5-7(8)9/h2-4H,5H2,1H3,(H,10,11)(H,12,13);6-9H,5H2,1-4H3. The number of aliphatic carboxylic acids is 2. The van der Waals surface area contributed by atoms with Gasteiger partial charge in [0.05, 0.1) is 11.5 Å². The van der Waals surface area contributed by atoms with Crippen molar-refractivity contribution in [2.45, 2.75) is 64.5 Å². The van der Waals surface area contributed by atoms with Crippen LogP contribution in [-0.4, -0.2) is 47.8 Å². The zero-order valence-electron chi connectivity index (χ0n) is 14.9. The van der Waals surface area contributed by atoms with E-state index in [9.17, 15) is 14.7 Å². The van der Waals surface area contributed by atoms with Gasteiger partial charge in [-0.15, -0.1) is 0 Å². The first-order valence-corrected chi connectivity index (χ1v) is 11.1. The number of rotatable bonds is 5. The molecule has 0 saturated heterocycles. The predicted molar refractivity (Wildman–Crippen MR) is 93.3 cm³/mol. The lowest BCUT2D eigenvalue weighted by molar-refractivity contribution is -0.145. The largest absolute Gasteiger partial charge is 0.481 e. The summed E-state index contributed by atoms with van der Waals surface area (Å²) in [6.45, 7) is 10.00. The number of hydrogen-bond donors (Lipinski definition) is 3. The van der Waals surface area contributed by atoms with Gasteiger partial charge >= 0.3 is 11.9 Å². The molecule has 3 N–H and O–H groups in total. The van der Waals surface area contributed by atoms with E-state index in [1.165, 1.54) is 25.2 Å². The topological polar surface area (TPSA) is 104 Å². The van der Waals surface area contributed by atoms with Crippen molar-refractivity contribution in [1.29, 1.82) is 0 Å². The Morgan fingerprint density at radius 3 is 2.25 bits per heavy atom. The van der Waals surface area contributed by atoms with Crippen molar-refractivity contribution < 1.29 is 29.3 Å². The average molecular weight is 356 g/mol. The molecule has 0 aliphatic heterocycles. The van der Waals surface area contributed by atoms with Crippen LogP contribution >= 0.6 is 0 Å². The molecule has 24 heavy (non-hydrogen) atoms. The average Bonchev–Trinajstić information content (AvgIpc) is 3.16. The summed E-state index contributed by atoms with van der Waals surface area (Å²) in [6.07, 6.45) is 5.65. The van der Waals surface area contributed by atoms with Crippen molar-refractivity contribution in [2.75, 3.05) is 0 Å². The second kappa shape index (κ2) is 7.63. The molecule has 3 unspecified atom stereocenters. The van der Waals surface area contributed by atoms with Crippen LogP contribution in [0, 0.1) is 5.41 Å². The molecule has 7 heteroatoms. The van der Waals surface area contributed by atoms with Gasteiger partial charge in [0.25, 0.3) is 0 Å². The van der Waals surface area contributed by atoms with Crippen LogP contribution in [0.2, 0.25) is 18.6 Å². The number of carbonyl (C=O) groups is 2. The molecule has 0 spiro atoms. The van der Waals surface area contributed by atoms with E-state index in [2.05, 4.69) is 26.9 Å². The van der Waals surface area contributed by atoms with Crippen LogP contribution in [0.3, 0.4) is 0 Å². The highest BCUT2D eigenvalue weighted by Gasteiger charge is 2.50. The summed E-state index contributed by atoms with van der Waals surface area (Å²) in [5, 5.41) is 26.7. The number of hydrogen-bond acceptors (Lipinski definition) is 4. The van der Waals surface area contributed by atoms with E-state index < -0.39 is 25.7 Å². The van der Waals surface area contributed by atoms with E-state index in [1.54, 1.807) is 0 Å². The Hall–Kier alpha value is -1.44. The van der Waals surface area contributed by atoms with Gasteiger partial charge in [0.2, 0.25) is 0 Å². The first kappa shape index (κ1) is 20.6. The third kappa shape index (κ3) is 5.57. The quantitative estimate of drug-likeness (QED) is 0.654. The highest BCUT2D eigenvalue weighted by atomic mass is 28.4. The van der Waals surface area contributed by atoms with Crippen molar-refractivity contribution in [3.8, 4) is 0 Å². The van der Waals surface area contributed by atoms with Crippen LogP contribution in [0.5, 0.6) is 0 Å². The Bertz CT molecular complexity index is 551. The van der Waals surface area contributed by atoms with E-state index >= 15 is 0 Å². The highest BCUT2D eigenvalue weighted by Crippen LogP contribution is 2.46. The van der Waals surface area contributed by atoms with E-state index in [-0.39, 0.29) is 18.1 Å². The van der Waals surface area contributed by atoms with Crippen LogP contribution in [0.1, 0.15) is 33.6 Å². The summed E-state index contributed by atoms with van der Waals surface area (Å²) in [5.41, 5.74) is -0.458. The van der Waals surface area contributed by atoms with Crippen LogP contribution in [0.25, 0.3) is 0 Å². The second-order valence-corrected chi connectivity index (χ2v) is 11.6. The predicted octanol–water partition coefficient (Wildman–Crippen LogP) is 2.80. The summed E-state index contributed by atoms with van der Waals surface area (Å²) in [6, 6.07) is 0. The van der Waals surface area contributed by atoms with Gasteiger partial charge in [-0.2, -0.15) is 0 Å². The summed E-state index contributed by atoms with van der Waals surface area (Å²) in [7, 11) is -1.55. The maximum Gasteiger partial charge on any atom is 0.331 e. The van der Waals surface area contributed by atoms with Crippen molar-refractivity contribution in [1.82, 2.24) is 0 Å². The molecule has 2 aliphatic rings. The fraction of sp³-hybridized carbons (Fsp3) is 0.647. The minimum atomic E-state index is -1.55. The maximum absolute atomic E-state index is 10.8. The summed E-state index contributed by atoms with van der Waals surface area (Å²) in [4.78, 5) is 21.3. The normalized spacial score (nSPS) is 28.7. The lowest BCUT2D eigenvalue weighted by Gasteiger charge is -2.25. The van der Waals surface area contributed by atoms with E-state index in [1.807, 2.05) is 0 Å². The van der Waals surface area contributed by atoms with Crippen LogP contribution in [0.15, 0.2) is 23.8 Å². The highest BCUT2D eigenvalue weighted by molar-refractivity contribution is 6.73. The summed E-state index contributed by atoms with van der Waals surface area (Å²) < 4.78 is 5.81. The molecule has 1 fully saturated rings. The van der Waals surface area contributed by atoms with Gasteiger partial charge in [-0.3, -0.25) is 4.79 Å². The minimum absolute atomic E-state index is 0.0359. The zero-order valence-corrected chi connectivity index (χ0v) is 15.9. The van der Waals surface area contributed by atoms with Crippen molar-refractivity contribution in [3.05, 3.63) is 23.8 Å². The molecule has 0 aromatic heterocycles. The molecule has 0 heterocycles. The molecule has 6 nitrogen and oxygen atoms in total. The number of aliphatic hydroxyl groups is 1. The molecular formula is C17H28O6Si. The Kier molecular flexibility index (Phi) is 6.55. The fourth-order valence-corrected chi connectivity index (χ4v) is 5.93. The number of carboxylic acid groups (broad SMARTS) is 2. The molecule has 0 aromatic rings. The van der Waals surface area contributed by atoms with Gasteiger partial charge in [-0.05, 0) is 46.7 Å². The molecule has 2 aliphatic carbocycles. The maximum atomic E-state index is 10.8. The Labute approximate surface area is 144 Å². The first-order valence-electron chi connectivity index (χ1n) is 8.10. The zero-order chi connectivity index (χ0) is 18.7. The van der Waals surface area contributed by atoms with Crippen molar-refractivity contribution in [2.24, 2.45) is 5.41 Å². The number of aliphatic hydroxyl groups excluding tert-OH is 1. The molecule has 0 radical (unpaired) electrons.